The van der Waals surface area contributed by atoms with Gasteiger partial charge in [-0.2, -0.15) is 0 Å². The van der Waals surface area contributed by atoms with Crippen LogP contribution in [-0.4, -0.2) is 13.2 Å². The molecule has 0 amide bonds. The number of ether oxygens (including phenoxy) is 1. The van der Waals surface area contributed by atoms with Crippen LogP contribution >= 0.6 is 0 Å². The van der Waals surface area contributed by atoms with Crippen molar-refractivity contribution in [3.8, 4) is 5.75 Å². The molecular weight excluding hydrogens is 222 g/mol. The van der Waals surface area contributed by atoms with E-state index in [4.69, 9.17) is 10.5 Å². The van der Waals surface area contributed by atoms with Crippen LogP contribution in [0.4, 0.5) is 0 Å². The third-order valence-electron chi connectivity index (χ3n) is 4.10. The van der Waals surface area contributed by atoms with Gasteiger partial charge in [0.2, 0.25) is 0 Å². The van der Waals surface area contributed by atoms with E-state index in [9.17, 15) is 0 Å². The molecule has 2 N–H and O–H groups in total. The molecule has 1 fully saturated rings. The maximum Gasteiger partial charge on any atom is 0.119 e. The Morgan fingerprint density at radius 1 is 1.06 bits per heavy atom. The van der Waals surface area contributed by atoms with E-state index in [0.717, 1.165) is 37.2 Å². The van der Waals surface area contributed by atoms with Gasteiger partial charge in [-0.15, -0.1) is 0 Å². The highest BCUT2D eigenvalue weighted by Gasteiger charge is 2.23. The lowest BCUT2D eigenvalue weighted by molar-refractivity contribution is 0.208. The predicted molar refractivity (Wildman–Crippen MR) is 75.7 cm³/mol. The zero-order valence-electron chi connectivity index (χ0n) is 11.2. The second kappa shape index (κ2) is 7.42. The SMILES string of the molecule is NCC1CCCCC1CCCOc1ccccc1. The second-order valence-electron chi connectivity index (χ2n) is 5.34. The molecule has 0 aromatic heterocycles. The quantitative estimate of drug-likeness (QED) is 0.779. The van der Waals surface area contributed by atoms with Crippen LogP contribution in [0.1, 0.15) is 38.5 Å². The number of rotatable bonds is 6. The fourth-order valence-electron chi connectivity index (χ4n) is 3.03. The predicted octanol–water partition coefficient (Wildman–Crippen LogP) is 3.61. The van der Waals surface area contributed by atoms with Gasteiger partial charge in [0, 0.05) is 0 Å². The Kier molecular flexibility index (Phi) is 5.53. The summed E-state index contributed by atoms with van der Waals surface area (Å²) in [7, 11) is 0. The Balaban J connectivity index is 1.65. The molecule has 0 saturated heterocycles. The van der Waals surface area contributed by atoms with Gasteiger partial charge in [-0.3, -0.25) is 0 Å². The zero-order chi connectivity index (χ0) is 12.6. The van der Waals surface area contributed by atoms with Gasteiger partial charge in [0.1, 0.15) is 5.75 Å². The largest absolute Gasteiger partial charge is 0.494 e. The van der Waals surface area contributed by atoms with Crippen LogP contribution in [0.3, 0.4) is 0 Å². The summed E-state index contributed by atoms with van der Waals surface area (Å²) in [6.45, 7) is 1.70. The highest BCUT2D eigenvalue weighted by Crippen LogP contribution is 2.32. The van der Waals surface area contributed by atoms with E-state index in [1.807, 2.05) is 30.3 Å². The number of nitrogens with two attached hydrogens (primary N) is 1. The van der Waals surface area contributed by atoms with E-state index in [-0.39, 0.29) is 0 Å². The van der Waals surface area contributed by atoms with Crippen molar-refractivity contribution in [2.45, 2.75) is 38.5 Å². The summed E-state index contributed by atoms with van der Waals surface area (Å²) in [5.74, 6) is 2.58. The molecule has 100 valence electrons. The maximum atomic E-state index is 5.86. The first-order valence-electron chi connectivity index (χ1n) is 7.28. The van der Waals surface area contributed by atoms with Crippen molar-refractivity contribution in [2.24, 2.45) is 17.6 Å². The fourth-order valence-corrected chi connectivity index (χ4v) is 3.03. The lowest BCUT2D eigenvalue weighted by Crippen LogP contribution is -2.27. The van der Waals surface area contributed by atoms with E-state index in [1.165, 1.54) is 32.1 Å². The molecule has 1 aliphatic carbocycles. The molecule has 0 heterocycles. The average molecular weight is 247 g/mol. The standard InChI is InChI=1S/C16H25NO/c17-13-15-8-5-4-7-14(15)9-6-12-18-16-10-2-1-3-11-16/h1-3,10-11,14-15H,4-9,12-13,17H2. The fraction of sp³-hybridized carbons (Fsp3) is 0.625. The molecule has 1 saturated carbocycles. The first kappa shape index (κ1) is 13.4. The molecule has 2 heteroatoms. The average Bonchev–Trinajstić information content (AvgIpc) is 2.45. The third kappa shape index (κ3) is 4.02. The van der Waals surface area contributed by atoms with Crippen molar-refractivity contribution in [3.63, 3.8) is 0 Å². The Morgan fingerprint density at radius 3 is 2.50 bits per heavy atom. The number of hydrogen-bond donors (Lipinski definition) is 1. The van der Waals surface area contributed by atoms with Crippen molar-refractivity contribution in [1.29, 1.82) is 0 Å². The Bertz CT molecular complexity index is 325. The molecule has 0 bridgehead atoms. The molecule has 2 atom stereocenters. The van der Waals surface area contributed by atoms with Gasteiger partial charge in [-0.05, 0) is 49.8 Å². The van der Waals surface area contributed by atoms with Crippen LogP contribution in [0.5, 0.6) is 5.75 Å². The summed E-state index contributed by atoms with van der Waals surface area (Å²) in [6, 6.07) is 10.1. The summed E-state index contributed by atoms with van der Waals surface area (Å²) in [5.41, 5.74) is 5.86. The van der Waals surface area contributed by atoms with E-state index in [0.29, 0.717) is 0 Å². The summed E-state index contributed by atoms with van der Waals surface area (Å²) >= 11 is 0. The minimum absolute atomic E-state index is 0.760. The topological polar surface area (TPSA) is 35.2 Å². The summed E-state index contributed by atoms with van der Waals surface area (Å²) in [5, 5.41) is 0. The molecule has 0 aliphatic heterocycles. The molecule has 2 rings (SSSR count). The van der Waals surface area contributed by atoms with E-state index < -0.39 is 0 Å². The minimum Gasteiger partial charge on any atom is -0.494 e. The van der Waals surface area contributed by atoms with Gasteiger partial charge in [0.25, 0.3) is 0 Å². The van der Waals surface area contributed by atoms with Crippen molar-refractivity contribution in [3.05, 3.63) is 30.3 Å². The smallest absolute Gasteiger partial charge is 0.119 e. The molecule has 1 aliphatic rings. The summed E-state index contributed by atoms with van der Waals surface area (Å²) in [4.78, 5) is 0. The monoisotopic (exact) mass is 247 g/mol. The van der Waals surface area contributed by atoms with Crippen LogP contribution in [-0.2, 0) is 0 Å². The van der Waals surface area contributed by atoms with E-state index in [1.54, 1.807) is 0 Å². The zero-order valence-corrected chi connectivity index (χ0v) is 11.2. The molecule has 1 aromatic rings. The highest BCUT2D eigenvalue weighted by atomic mass is 16.5. The molecular formula is C16H25NO. The maximum absolute atomic E-state index is 5.86. The van der Waals surface area contributed by atoms with Crippen molar-refractivity contribution >= 4 is 0 Å². The minimum atomic E-state index is 0.760. The van der Waals surface area contributed by atoms with E-state index in [2.05, 4.69) is 0 Å². The van der Waals surface area contributed by atoms with Crippen molar-refractivity contribution in [2.75, 3.05) is 13.2 Å². The molecule has 18 heavy (non-hydrogen) atoms. The van der Waals surface area contributed by atoms with Gasteiger partial charge in [-0.25, -0.2) is 0 Å². The first-order valence-corrected chi connectivity index (χ1v) is 7.28. The Hall–Kier alpha value is -1.02. The lowest BCUT2D eigenvalue weighted by Gasteiger charge is -2.30. The molecule has 1 aromatic carbocycles. The number of hydrogen-bond acceptors (Lipinski definition) is 2. The van der Waals surface area contributed by atoms with Crippen LogP contribution in [0.15, 0.2) is 30.3 Å². The van der Waals surface area contributed by atoms with Crippen LogP contribution in [0, 0.1) is 11.8 Å². The van der Waals surface area contributed by atoms with Gasteiger partial charge >= 0.3 is 0 Å². The molecule has 0 radical (unpaired) electrons. The van der Waals surface area contributed by atoms with E-state index >= 15 is 0 Å². The van der Waals surface area contributed by atoms with Gasteiger partial charge in [0.15, 0.2) is 0 Å². The Morgan fingerprint density at radius 2 is 1.78 bits per heavy atom. The molecule has 2 unspecified atom stereocenters. The van der Waals surface area contributed by atoms with Gasteiger partial charge < -0.3 is 10.5 Å². The van der Waals surface area contributed by atoms with Crippen LogP contribution in [0.2, 0.25) is 0 Å². The Labute approximate surface area is 111 Å². The molecule has 2 nitrogen and oxygen atoms in total. The summed E-state index contributed by atoms with van der Waals surface area (Å²) in [6.07, 6.45) is 7.89. The normalized spacial score (nSPS) is 23.8. The number of benzene rings is 1. The second-order valence-corrected chi connectivity index (χ2v) is 5.34. The summed E-state index contributed by atoms with van der Waals surface area (Å²) < 4.78 is 5.73. The van der Waals surface area contributed by atoms with Crippen molar-refractivity contribution < 1.29 is 4.74 Å². The van der Waals surface area contributed by atoms with Gasteiger partial charge in [-0.1, -0.05) is 37.5 Å². The highest BCUT2D eigenvalue weighted by molar-refractivity contribution is 5.20. The third-order valence-corrected chi connectivity index (χ3v) is 4.10. The first-order chi connectivity index (χ1) is 8.90. The van der Waals surface area contributed by atoms with Gasteiger partial charge in [0.05, 0.1) is 6.61 Å². The lowest BCUT2D eigenvalue weighted by atomic mass is 9.77. The van der Waals surface area contributed by atoms with Crippen molar-refractivity contribution in [1.82, 2.24) is 0 Å². The molecule has 0 spiro atoms. The van der Waals surface area contributed by atoms with Crippen LogP contribution in [0.25, 0.3) is 0 Å². The van der Waals surface area contributed by atoms with Crippen LogP contribution < -0.4 is 10.5 Å². The number of para-hydroxylation sites is 1.